The van der Waals surface area contributed by atoms with E-state index in [0.29, 0.717) is 12.6 Å². The third-order valence-corrected chi connectivity index (χ3v) is 3.18. The normalized spacial score (nSPS) is 12.4. The fourth-order valence-corrected chi connectivity index (χ4v) is 2.09. The van der Waals surface area contributed by atoms with E-state index >= 15 is 0 Å². The summed E-state index contributed by atoms with van der Waals surface area (Å²) in [6.45, 7) is 3.65. The van der Waals surface area contributed by atoms with Crippen molar-refractivity contribution in [3.63, 3.8) is 0 Å². The molecule has 2 heterocycles. The highest BCUT2D eigenvalue weighted by molar-refractivity contribution is 5.28. The van der Waals surface area contributed by atoms with E-state index in [-0.39, 0.29) is 0 Å². The quantitative estimate of drug-likeness (QED) is 0.746. The van der Waals surface area contributed by atoms with E-state index in [1.807, 2.05) is 47.3 Å². The van der Waals surface area contributed by atoms with Crippen LogP contribution in [0.1, 0.15) is 12.6 Å². The highest BCUT2D eigenvalue weighted by Crippen LogP contribution is 2.04. The Bertz CT molecular complexity index is 659. The first-order valence-electron chi connectivity index (χ1n) is 6.99. The summed E-state index contributed by atoms with van der Waals surface area (Å²) < 4.78 is 1.92. The molecule has 0 aliphatic carbocycles. The number of para-hydroxylation sites is 1. The molecule has 0 saturated heterocycles. The van der Waals surface area contributed by atoms with Gasteiger partial charge in [0.25, 0.3) is 0 Å². The maximum absolute atomic E-state index is 4.47. The molecule has 1 N–H and O–H groups in total. The first-order valence-corrected chi connectivity index (χ1v) is 6.99. The fraction of sp³-hybridized carbons (Fsp3) is 0.267. The van der Waals surface area contributed by atoms with Crippen LogP contribution < -0.4 is 5.32 Å². The number of aromatic nitrogens is 5. The molecule has 1 aromatic carbocycles. The van der Waals surface area contributed by atoms with Crippen molar-refractivity contribution in [3.05, 3.63) is 60.7 Å². The summed E-state index contributed by atoms with van der Waals surface area (Å²) in [5.74, 6) is 0. The molecule has 3 rings (SSSR count). The highest BCUT2D eigenvalue weighted by atomic mass is 15.5. The van der Waals surface area contributed by atoms with Gasteiger partial charge in [-0.15, -0.1) is 0 Å². The van der Waals surface area contributed by atoms with Gasteiger partial charge in [-0.2, -0.15) is 20.1 Å². The van der Waals surface area contributed by atoms with Crippen LogP contribution in [0.2, 0.25) is 0 Å². The monoisotopic (exact) mass is 282 g/mol. The minimum atomic E-state index is 0.312. The maximum atomic E-state index is 4.47. The van der Waals surface area contributed by atoms with E-state index in [1.165, 1.54) is 0 Å². The van der Waals surface area contributed by atoms with E-state index in [0.717, 1.165) is 17.9 Å². The molecular weight excluding hydrogens is 264 g/mol. The number of nitrogens with zero attached hydrogens (tertiary/aromatic N) is 5. The van der Waals surface area contributed by atoms with Gasteiger partial charge < -0.3 is 5.32 Å². The largest absolute Gasteiger partial charge is 0.307 e. The Balaban J connectivity index is 1.55. The Hall–Kier alpha value is -2.47. The van der Waals surface area contributed by atoms with Crippen molar-refractivity contribution in [3.8, 4) is 5.69 Å². The molecule has 3 aromatic rings. The molecule has 6 nitrogen and oxygen atoms in total. The van der Waals surface area contributed by atoms with Crippen LogP contribution in [-0.2, 0) is 13.1 Å². The Morgan fingerprint density at radius 3 is 2.76 bits per heavy atom. The molecule has 0 bridgehead atoms. The Labute approximate surface area is 123 Å². The summed E-state index contributed by atoms with van der Waals surface area (Å²) in [5.41, 5.74) is 1.89. The third kappa shape index (κ3) is 3.55. The topological polar surface area (TPSA) is 60.6 Å². The van der Waals surface area contributed by atoms with Gasteiger partial charge in [0.15, 0.2) is 0 Å². The van der Waals surface area contributed by atoms with Crippen molar-refractivity contribution >= 4 is 0 Å². The lowest BCUT2D eigenvalue weighted by Crippen LogP contribution is -2.30. The molecule has 2 aromatic heterocycles. The zero-order valence-electron chi connectivity index (χ0n) is 11.9. The van der Waals surface area contributed by atoms with Crippen LogP contribution in [0.3, 0.4) is 0 Å². The molecule has 1 atom stereocenters. The van der Waals surface area contributed by atoms with Gasteiger partial charge in [-0.3, -0.25) is 4.68 Å². The smallest absolute Gasteiger partial charge is 0.0969 e. The molecule has 0 fully saturated rings. The summed E-state index contributed by atoms with van der Waals surface area (Å²) in [6, 6.07) is 12.1. The van der Waals surface area contributed by atoms with Crippen molar-refractivity contribution in [2.75, 3.05) is 0 Å². The molecule has 0 amide bonds. The minimum absolute atomic E-state index is 0.312. The van der Waals surface area contributed by atoms with Crippen molar-refractivity contribution in [2.24, 2.45) is 0 Å². The van der Waals surface area contributed by atoms with Gasteiger partial charge in [-0.05, 0) is 25.1 Å². The standard InChI is InChI=1S/C15H18N6/c1-13(12-20-9-5-8-17-20)16-10-14-11-18-21(19-14)15-6-3-2-4-7-15/h2-9,11,13,16H,10,12H2,1H3/t13-/m0/s1. The first-order chi connectivity index (χ1) is 10.3. The molecule has 0 saturated carbocycles. The van der Waals surface area contributed by atoms with Gasteiger partial charge in [-0.1, -0.05) is 18.2 Å². The lowest BCUT2D eigenvalue weighted by atomic mass is 10.3. The molecule has 108 valence electrons. The van der Waals surface area contributed by atoms with Crippen molar-refractivity contribution < 1.29 is 0 Å². The van der Waals surface area contributed by atoms with Gasteiger partial charge in [0.05, 0.1) is 24.1 Å². The molecule has 0 aliphatic heterocycles. The highest BCUT2D eigenvalue weighted by Gasteiger charge is 2.06. The fourth-order valence-electron chi connectivity index (χ4n) is 2.09. The number of nitrogens with one attached hydrogen (secondary N) is 1. The van der Waals surface area contributed by atoms with Crippen LogP contribution >= 0.6 is 0 Å². The van der Waals surface area contributed by atoms with Gasteiger partial charge >= 0.3 is 0 Å². The van der Waals surface area contributed by atoms with Gasteiger partial charge in [0.2, 0.25) is 0 Å². The van der Waals surface area contributed by atoms with Crippen molar-refractivity contribution in [2.45, 2.75) is 26.1 Å². The van der Waals surface area contributed by atoms with Crippen LogP contribution in [-0.4, -0.2) is 30.8 Å². The third-order valence-electron chi connectivity index (χ3n) is 3.18. The summed E-state index contributed by atoms with van der Waals surface area (Å²) in [6.07, 6.45) is 5.54. The van der Waals surface area contributed by atoms with E-state index in [9.17, 15) is 0 Å². The molecule has 21 heavy (non-hydrogen) atoms. The first kappa shape index (κ1) is 13.5. The van der Waals surface area contributed by atoms with Crippen LogP contribution in [0.15, 0.2) is 55.0 Å². The Morgan fingerprint density at radius 1 is 1.14 bits per heavy atom. The van der Waals surface area contributed by atoms with E-state index in [2.05, 4.69) is 27.5 Å². The summed E-state index contributed by atoms with van der Waals surface area (Å²) in [7, 11) is 0. The molecule has 0 spiro atoms. The van der Waals surface area contributed by atoms with Crippen LogP contribution in [0.5, 0.6) is 0 Å². The average Bonchev–Trinajstić information content (AvgIpc) is 3.17. The average molecular weight is 282 g/mol. The zero-order chi connectivity index (χ0) is 14.5. The lowest BCUT2D eigenvalue weighted by Gasteiger charge is -2.12. The lowest BCUT2D eigenvalue weighted by molar-refractivity contribution is 0.448. The minimum Gasteiger partial charge on any atom is -0.307 e. The summed E-state index contributed by atoms with van der Waals surface area (Å²) in [5, 5.41) is 16.4. The predicted octanol–water partition coefficient (Wildman–Crippen LogP) is 1.64. The van der Waals surface area contributed by atoms with Gasteiger partial charge in [0.1, 0.15) is 0 Å². The van der Waals surface area contributed by atoms with Crippen molar-refractivity contribution in [1.29, 1.82) is 0 Å². The number of rotatable bonds is 6. The second kappa shape index (κ2) is 6.32. The van der Waals surface area contributed by atoms with Crippen LogP contribution in [0.25, 0.3) is 5.69 Å². The van der Waals surface area contributed by atoms with Crippen LogP contribution in [0.4, 0.5) is 0 Å². The van der Waals surface area contributed by atoms with Gasteiger partial charge in [0, 0.05) is 25.0 Å². The summed E-state index contributed by atoms with van der Waals surface area (Å²) in [4.78, 5) is 1.65. The SMILES string of the molecule is C[C@@H](Cn1cccn1)NCc1cnn(-c2ccccc2)n1. The second-order valence-corrected chi connectivity index (χ2v) is 4.97. The molecule has 6 heteroatoms. The molecule has 0 unspecified atom stereocenters. The number of hydrogen-bond acceptors (Lipinski definition) is 4. The molecule has 0 radical (unpaired) electrons. The molecular formula is C15H18N6. The summed E-state index contributed by atoms with van der Waals surface area (Å²) >= 11 is 0. The Morgan fingerprint density at radius 2 is 2.00 bits per heavy atom. The number of hydrogen-bond donors (Lipinski definition) is 1. The van der Waals surface area contributed by atoms with Crippen molar-refractivity contribution in [1.82, 2.24) is 30.1 Å². The maximum Gasteiger partial charge on any atom is 0.0969 e. The van der Waals surface area contributed by atoms with Crippen LogP contribution in [0, 0.1) is 0 Å². The zero-order valence-corrected chi connectivity index (χ0v) is 11.9. The number of benzene rings is 1. The van der Waals surface area contributed by atoms with E-state index in [1.54, 1.807) is 17.2 Å². The predicted molar refractivity (Wildman–Crippen MR) is 79.9 cm³/mol. The van der Waals surface area contributed by atoms with E-state index < -0.39 is 0 Å². The van der Waals surface area contributed by atoms with E-state index in [4.69, 9.17) is 0 Å². The molecule has 0 aliphatic rings. The second-order valence-electron chi connectivity index (χ2n) is 4.97. The van der Waals surface area contributed by atoms with Gasteiger partial charge in [-0.25, -0.2) is 0 Å². The Kier molecular flexibility index (Phi) is 4.07.